The summed E-state index contributed by atoms with van der Waals surface area (Å²) in [6.07, 6.45) is 30.1. The van der Waals surface area contributed by atoms with Gasteiger partial charge >= 0.3 is 0 Å². The molecule has 0 atom stereocenters. The maximum absolute atomic E-state index is 4.20. The molecular formula is C25H51. The van der Waals surface area contributed by atoms with Crippen LogP contribution in [-0.4, -0.2) is 0 Å². The molecule has 0 aliphatic rings. The van der Waals surface area contributed by atoms with Crippen molar-refractivity contribution in [3.05, 3.63) is 6.92 Å². The molecule has 0 unspecified atom stereocenters. The maximum Gasteiger partial charge on any atom is -0.0414 e. The van der Waals surface area contributed by atoms with Gasteiger partial charge in [-0.3, -0.25) is 0 Å². The normalized spacial score (nSPS) is 11.5. The Morgan fingerprint density at radius 1 is 0.440 bits per heavy atom. The predicted octanol–water partition coefficient (Wildman–Crippen LogP) is 9.67. The fourth-order valence-electron chi connectivity index (χ4n) is 3.92. The Kier molecular flexibility index (Phi) is 22.0. The van der Waals surface area contributed by atoms with Crippen molar-refractivity contribution < 1.29 is 0 Å². The Hall–Kier alpha value is 0. The highest BCUT2D eigenvalue weighted by Gasteiger charge is 2.06. The van der Waals surface area contributed by atoms with E-state index in [0.29, 0.717) is 0 Å². The lowest BCUT2D eigenvalue weighted by Gasteiger charge is -2.14. The first kappa shape index (κ1) is 25.0. The Balaban J connectivity index is 3.28. The number of hydrogen-bond acceptors (Lipinski definition) is 0. The van der Waals surface area contributed by atoms with Gasteiger partial charge in [0.1, 0.15) is 0 Å². The fraction of sp³-hybridized carbons (Fsp3) is 0.960. The molecular weight excluding hydrogens is 300 g/mol. The van der Waals surface area contributed by atoms with E-state index in [-0.39, 0.29) is 0 Å². The predicted molar refractivity (Wildman–Crippen MR) is 117 cm³/mol. The lowest BCUT2D eigenvalue weighted by molar-refractivity contribution is 0.404. The van der Waals surface area contributed by atoms with Crippen LogP contribution in [0.25, 0.3) is 0 Å². The molecule has 0 aliphatic carbocycles. The molecule has 0 amide bonds. The summed E-state index contributed by atoms with van der Waals surface area (Å²) in [6, 6.07) is 0. The standard InChI is InChI=1S/C25H51/c1-4-7-9-11-13-15-17-19-21-23-25(6-3)24-22-20-18-16-14-12-10-8-5-2/h25H,3-24H2,1-2H3. The molecule has 151 valence electrons. The summed E-state index contributed by atoms with van der Waals surface area (Å²) in [5.74, 6) is 0.911. The van der Waals surface area contributed by atoms with Gasteiger partial charge < -0.3 is 0 Å². The van der Waals surface area contributed by atoms with E-state index in [1.54, 1.807) is 0 Å². The molecule has 0 N–H and O–H groups in total. The van der Waals surface area contributed by atoms with Crippen LogP contribution < -0.4 is 0 Å². The molecule has 0 spiro atoms. The SMILES string of the molecule is [CH2]CC(CCCCCCCCCCC)CCCCCCCCCCC. The van der Waals surface area contributed by atoms with Crippen molar-refractivity contribution in [1.82, 2.24) is 0 Å². The molecule has 1 radical (unpaired) electrons. The quantitative estimate of drug-likeness (QED) is 0.180. The van der Waals surface area contributed by atoms with Crippen LogP contribution in [0.1, 0.15) is 149 Å². The van der Waals surface area contributed by atoms with Gasteiger partial charge in [-0.05, 0) is 5.92 Å². The van der Waals surface area contributed by atoms with Crippen LogP contribution in [0.15, 0.2) is 0 Å². The molecule has 0 nitrogen and oxygen atoms in total. The van der Waals surface area contributed by atoms with Crippen molar-refractivity contribution in [2.24, 2.45) is 5.92 Å². The molecule has 0 saturated carbocycles. The van der Waals surface area contributed by atoms with E-state index in [4.69, 9.17) is 0 Å². The van der Waals surface area contributed by atoms with Gasteiger partial charge in [0, 0.05) is 0 Å². The monoisotopic (exact) mass is 351 g/mol. The first-order valence-electron chi connectivity index (χ1n) is 12.1. The minimum Gasteiger partial charge on any atom is -0.0654 e. The van der Waals surface area contributed by atoms with Gasteiger partial charge in [0.25, 0.3) is 0 Å². The summed E-state index contributed by atoms with van der Waals surface area (Å²) in [5.41, 5.74) is 0. The average Bonchev–Trinajstić information content (AvgIpc) is 2.63. The zero-order chi connectivity index (χ0) is 18.4. The molecule has 0 aromatic rings. The second-order valence-corrected chi connectivity index (χ2v) is 8.39. The highest BCUT2D eigenvalue weighted by molar-refractivity contribution is 4.62. The molecule has 0 aromatic carbocycles. The third kappa shape index (κ3) is 20.2. The Bertz CT molecular complexity index is 198. The Morgan fingerprint density at radius 3 is 1.00 bits per heavy atom. The van der Waals surface area contributed by atoms with Gasteiger partial charge in [-0.2, -0.15) is 0 Å². The Morgan fingerprint density at radius 2 is 0.720 bits per heavy atom. The van der Waals surface area contributed by atoms with E-state index < -0.39 is 0 Å². The second kappa shape index (κ2) is 22.0. The maximum atomic E-state index is 4.20. The average molecular weight is 352 g/mol. The van der Waals surface area contributed by atoms with Gasteiger partial charge in [0.15, 0.2) is 0 Å². The molecule has 0 heteroatoms. The van der Waals surface area contributed by atoms with E-state index in [1.807, 2.05) is 0 Å². The summed E-state index contributed by atoms with van der Waals surface area (Å²) < 4.78 is 0. The molecule has 0 rings (SSSR count). The van der Waals surface area contributed by atoms with Crippen molar-refractivity contribution in [2.75, 3.05) is 0 Å². The van der Waals surface area contributed by atoms with Gasteiger partial charge in [0.05, 0.1) is 0 Å². The molecule has 0 aliphatic heterocycles. The van der Waals surface area contributed by atoms with E-state index in [0.717, 1.165) is 12.3 Å². The largest absolute Gasteiger partial charge is 0.0654 e. The van der Waals surface area contributed by atoms with E-state index >= 15 is 0 Å². The minimum absolute atomic E-state index is 0.911. The summed E-state index contributed by atoms with van der Waals surface area (Å²) in [4.78, 5) is 0. The van der Waals surface area contributed by atoms with Crippen molar-refractivity contribution >= 4 is 0 Å². The second-order valence-electron chi connectivity index (χ2n) is 8.39. The third-order valence-corrected chi connectivity index (χ3v) is 5.84. The lowest BCUT2D eigenvalue weighted by Crippen LogP contribution is -1.99. The summed E-state index contributed by atoms with van der Waals surface area (Å²) in [7, 11) is 0. The van der Waals surface area contributed by atoms with E-state index in [9.17, 15) is 0 Å². The van der Waals surface area contributed by atoms with Crippen LogP contribution in [0, 0.1) is 12.8 Å². The number of rotatable bonds is 21. The fourth-order valence-corrected chi connectivity index (χ4v) is 3.92. The van der Waals surface area contributed by atoms with Crippen molar-refractivity contribution in [3.8, 4) is 0 Å². The van der Waals surface area contributed by atoms with Crippen molar-refractivity contribution in [3.63, 3.8) is 0 Å². The molecule has 0 heterocycles. The zero-order valence-corrected chi connectivity index (χ0v) is 18.1. The van der Waals surface area contributed by atoms with Crippen LogP contribution in [-0.2, 0) is 0 Å². The number of unbranched alkanes of at least 4 members (excludes halogenated alkanes) is 16. The van der Waals surface area contributed by atoms with Crippen LogP contribution in [0.2, 0.25) is 0 Å². The third-order valence-electron chi connectivity index (χ3n) is 5.84. The minimum atomic E-state index is 0.911. The first-order chi connectivity index (χ1) is 12.3. The van der Waals surface area contributed by atoms with Crippen molar-refractivity contribution in [2.45, 2.75) is 149 Å². The molecule has 0 bridgehead atoms. The van der Waals surface area contributed by atoms with Gasteiger partial charge in [0.2, 0.25) is 0 Å². The van der Waals surface area contributed by atoms with E-state index in [1.165, 1.54) is 128 Å². The van der Waals surface area contributed by atoms with E-state index in [2.05, 4.69) is 20.8 Å². The van der Waals surface area contributed by atoms with Crippen LogP contribution in [0.5, 0.6) is 0 Å². The van der Waals surface area contributed by atoms with Crippen LogP contribution in [0.3, 0.4) is 0 Å². The molecule has 0 aromatic heterocycles. The zero-order valence-electron chi connectivity index (χ0n) is 18.1. The summed E-state index contributed by atoms with van der Waals surface area (Å²) >= 11 is 0. The highest BCUT2D eigenvalue weighted by atomic mass is 14.1. The summed E-state index contributed by atoms with van der Waals surface area (Å²) in [5, 5.41) is 0. The van der Waals surface area contributed by atoms with Gasteiger partial charge in [-0.1, -0.05) is 156 Å². The topological polar surface area (TPSA) is 0 Å². The Labute approximate surface area is 161 Å². The van der Waals surface area contributed by atoms with Gasteiger partial charge in [-0.25, -0.2) is 0 Å². The first-order valence-corrected chi connectivity index (χ1v) is 12.1. The smallest absolute Gasteiger partial charge is 0.0414 e. The molecule has 0 fully saturated rings. The molecule has 25 heavy (non-hydrogen) atoms. The van der Waals surface area contributed by atoms with Crippen molar-refractivity contribution in [1.29, 1.82) is 0 Å². The molecule has 0 saturated heterocycles. The van der Waals surface area contributed by atoms with Crippen LogP contribution >= 0.6 is 0 Å². The highest BCUT2D eigenvalue weighted by Crippen LogP contribution is 2.21. The number of hydrogen-bond donors (Lipinski definition) is 0. The lowest BCUT2D eigenvalue weighted by atomic mass is 9.92. The summed E-state index contributed by atoms with van der Waals surface area (Å²) in [6.45, 7) is 8.80. The van der Waals surface area contributed by atoms with Gasteiger partial charge in [-0.15, -0.1) is 0 Å². The van der Waals surface area contributed by atoms with Crippen LogP contribution in [0.4, 0.5) is 0 Å².